The number of nitrogens with two attached hydrogens (primary N) is 1. The Morgan fingerprint density at radius 1 is 1.44 bits per heavy atom. The average molecular weight is 246 g/mol. The third-order valence-corrected chi connectivity index (χ3v) is 4.05. The van der Waals surface area contributed by atoms with Gasteiger partial charge in [0.1, 0.15) is 0 Å². The van der Waals surface area contributed by atoms with Crippen LogP contribution in [0.1, 0.15) is 38.3 Å². The number of amides is 1. The largest absolute Gasteiger partial charge is 0.398 e. The first-order chi connectivity index (χ1) is 8.45. The topological polar surface area (TPSA) is 46.3 Å². The van der Waals surface area contributed by atoms with Gasteiger partial charge in [0, 0.05) is 24.2 Å². The van der Waals surface area contributed by atoms with E-state index in [1.807, 2.05) is 30.9 Å². The molecular weight excluding hydrogens is 224 g/mol. The molecule has 0 spiro atoms. The van der Waals surface area contributed by atoms with Gasteiger partial charge in [0.25, 0.3) is 0 Å². The second-order valence-corrected chi connectivity index (χ2v) is 5.70. The van der Waals surface area contributed by atoms with Crippen molar-refractivity contribution >= 4 is 11.6 Å². The normalized spacial score (nSPS) is 15.4. The fraction of sp³-hybridized carbons (Fsp3) is 0.533. The van der Waals surface area contributed by atoms with E-state index in [1.165, 1.54) is 11.1 Å². The molecule has 98 valence electrons. The van der Waals surface area contributed by atoms with E-state index in [-0.39, 0.29) is 11.3 Å². The molecule has 0 atom stereocenters. The monoisotopic (exact) mass is 246 g/mol. The van der Waals surface area contributed by atoms with Gasteiger partial charge in [0.15, 0.2) is 0 Å². The second-order valence-electron chi connectivity index (χ2n) is 5.70. The summed E-state index contributed by atoms with van der Waals surface area (Å²) >= 11 is 0. The summed E-state index contributed by atoms with van der Waals surface area (Å²) in [6.07, 6.45) is 1.74. The van der Waals surface area contributed by atoms with Crippen LogP contribution in [0.2, 0.25) is 0 Å². The van der Waals surface area contributed by atoms with E-state index in [4.69, 9.17) is 5.73 Å². The maximum absolute atomic E-state index is 12.4. The van der Waals surface area contributed by atoms with Crippen LogP contribution < -0.4 is 5.73 Å². The quantitative estimate of drug-likeness (QED) is 0.815. The molecule has 0 aromatic heterocycles. The zero-order chi connectivity index (χ0) is 13.3. The third kappa shape index (κ3) is 2.22. The Morgan fingerprint density at radius 3 is 2.83 bits per heavy atom. The van der Waals surface area contributed by atoms with Gasteiger partial charge in [-0.3, -0.25) is 4.79 Å². The highest BCUT2D eigenvalue weighted by Crippen LogP contribution is 2.29. The lowest BCUT2D eigenvalue weighted by Gasteiger charge is -2.35. The summed E-state index contributed by atoms with van der Waals surface area (Å²) in [4.78, 5) is 14.4. The first kappa shape index (κ1) is 12.9. The molecule has 1 aromatic rings. The van der Waals surface area contributed by atoms with Crippen molar-refractivity contribution in [3.8, 4) is 0 Å². The number of fused-ring (bicyclic) bond motifs is 1. The van der Waals surface area contributed by atoms with Gasteiger partial charge in [-0.05, 0) is 30.0 Å². The van der Waals surface area contributed by atoms with Crippen LogP contribution in [0, 0.1) is 5.41 Å². The highest BCUT2D eigenvalue weighted by molar-refractivity contribution is 5.82. The molecule has 2 N–H and O–H groups in total. The van der Waals surface area contributed by atoms with Gasteiger partial charge in [0.2, 0.25) is 5.91 Å². The zero-order valence-corrected chi connectivity index (χ0v) is 11.5. The summed E-state index contributed by atoms with van der Waals surface area (Å²) in [5, 5.41) is 0. The van der Waals surface area contributed by atoms with E-state index < -0.39 is 0 Å². The molecule has 0 radical (unpaired) electrons. The maximum Gasteiger partial charge on any atom is 0.228 e. The van der Waals surface area contributed by atoms with Crippen LogP contribution in [0.15, 0.2) is 18.2 Å². The van der Waals surface area contributed by atoms with Crippen molar-refractivity contribution in [2.24, 2.45) is 5.41 Å². The van der Waals surface area contributed by atoms with Gasteiger partial charge in [-0.2, -0.15) is 0 Å². The number of carbonyl (C=O) groups excluding carboxylic acids is 1. The molecule has 1 aliphatic heterocycles. The lowest BCUT2D eigenvalue weighted by molar-refractivity contribution is -0.141. The summed E-state index contributed by atoms with van der Waals surface area (Å²) in [5.74, 6) is 0.248. The van der Waals surface area contributed by atoms with Gasteiger partial charge in [0.05, 0.1) is 0 Å². The summed E-state index contributed by atoms with van der Waals surface area (Å²) < 4.78 is 0. The van der Waals surface area contributed by atoms with Gasteiger partial charge < -0.3 is 10.6 Å². The standard InChI is InChI=1S/C15H22N2O/c1-4-15(2,3)14(18)17-9-8-12-11(10-17)6-5-7-13(12)16/h5-7H,4,8-10,16H2,1-3H3. The van der Waals surface area contributed by atoms with Gasteiger partial charge >= 0.3 is 0 Å². The third-order valence-electron chi connectivity index (χ3n) is 4.05. The molecule has 18 heavy (non-hydrogen) atoms. The van der Waals surface area contributed by atoms with Crippen LogP contribution in [0.4, 0.5) is 5.69 Å². The summed E-state index contributed by atoms with van der Waals surface area (Å²) in [6, 6.07) is 5.98. The first-order valence-electron chi connectivity index (χ1n) is 6.61. The number of hydrogen-bond acceptors (Lipinski definition) is 2. The number of benzene rings is 1. The Morgan fingerprint density at radius 2 is 2.17 bits per heavy atom. The Hall–Kier alpha value is -1.51. The summed E-state index contributed by atoms with van der Waals surface area (Å²) in [6.45, 7) is 7.58. The summed E-state index contributed by atoms with van der Waals surface area (Å²) in [7, 11) is 0. The van der Waals surface area contributed by atoms with Crippen LogP contribution in [-0.4, -0.2) is 17.4 Å². The fourth-order valence-corrected chi connectivity index (χ4v) is 2.39. The van der Waals surface area contributed by atoms with Crippen molar-refractivity contribution < 1.29 is 4.79 Å². The molecule has 1 aliphatic rings. The van der Waals surface area contributed by atoms with Crippen LogP contribution in [-0.2, 0) is 17.8 Å². The van der Waals surface area contributed by atoms with Crippen molar-refractivity contribution in [3.63, 3.8) is 0 Å². The van der Waals surface area contributed by atoms with Crippen molar-refractivity contribution in [1.82, 2.24) is 4.90 Å². The van der Waals surface area contributed by atoms with E-state index in [2.05, 4.69) is 13.0 Å². The molecule has 2 rings (SSSR count). The molecule has 1 amide bonds. The minimum absolute atomic E-state index is 0.248. The Labute approximate surface area is 109 Å². The minimum Gasteiger partial charge on any atom is -0.398 e. The fourth-order valence-electron chi connectivity index (χ4n) is 2.39. The minimum atomic E-state index is -0.266. The number of nitrogen functional groups attached to an aromatic ring is 1. The van der Waals surface area contributed by atoms with Crippen LogP contribution in [0.3, 0.4) is 0 Å². The van der Waals surface area contributed by atoms with Crippen LogP contribution in [0.25, 0.3) is 0 Å². The predicted octanol–water partition coefficient (Wildman–Crippen LogP) is 2.59. The number of rotatable bonds is 2. The van der Waals surface area contributed by atoms with Gasteiger partial charge in [-0.1, -0.05) is 32.9 Å². The van der Waals surface area contributed by atoms with E-state index in [0.29, 0.717) is 6.54 Å². The number of nitrogens with zero attached hydrogens (tertiary/aromatic N) is 1. The van der Waals surface area contributed by atoms with Crippen LogP contribution in [0.5, 0.6) is 0 Å². The average Bonchev–Trinajstić information content (AvgIpc) is 2.37. The van der Waals surface area contributed by atoms with Crippen LogP contribution >= 0.6 is 0 Å². The number of hydrogen-bond donors (Lipinski definition) is 1. The molecule has 0 fully saturated rings. The molecule has 1 aromatic carbocycles. The van der Waals surface area contributed by atoms with E-state index >= 15 is 0 Å². The maximum atomic E-state index is 12.4. The van der Waals surface area contributed by atoms with Gasteiger partial charge in [-0.15, -0.1) is 0 Å². The van der Waals surface area contributed by atoms with E-state index in [9.17, 15) is 4.79 Å². The van der Waals surface area contributed by atoms with Crippen molar-refractivity contribution in [2.75, 3.05) is 12.3 Å². The van der Waals surface area contributed by atoms with E-state index in [0.717, 1.165) is 25.1 Å². The Balaban J connectivity index is 2.20. The second kappa shape index (κ2) is 4.63. The molecule has 0 saturated carbocycles. The van der Waals surface area contributed by atoms with Gasteiger partial charge in [-0.25, -0.2) is 0 Å². The SMILES string of the molecule is CCC(C)(C)C(=O)N1CCc2c(N)cccc2C1. The number of anilines is 1. The molecule has 3 nitrogen and oxygen atoms in total. The van der Waals surface area contributed by atoms with Crippen molar-refractivity contribution in [2.45, 2.75) is 40.2 Å². The molecule has 0 aliphatic carbocycles. The first-order valence-corrected chi connectivity index (χ1v) is 6.61. The lowest BCUT2D eigenvalue weighted by Crippen LogP contribution is -2.43. The Kier molecular flexibility index (Phi) is 3.33. The van der Waals surface area contributed by atoms with E-state index in [1.54, 1.807) is 0 Å². The Bertz CT molecular complexity index is 466. The molecule has 0 unspecified atom stereocenters. The van der Waals surface area contributed by atoms with Crippen molar-refractivity contribution in [1.29, 1.82) is 0 Å². The summed E-state index contributed by atoms with van der Waals surface area (Å²) in [5.41, 5.74) is 8.98. The molecular formula is C15H22N2O. The number of carbonyl (C=O) groups is 1. The highest BCUT2D eigenvalue weighted by Gasteiger charge is 2.32. The van der Waals surface area contributed by atoms with Crippen molar-refractivity contribution in [3.05, 3.63) is 29.3 Å². The molecule has 0 bridgehead atoms. The molecule has 3 heteroatoms. The molecule has 1 heterocycles. The highest BCUT2D eigenvalue weighted by atomic mass is 16.2. The molecule has 0 saturated heterocycles. The zero-order valence-electron chi connectivity index (χ0n) is 11.5. The smallest absolute Gasteiger partial charge is 0.228 e. The lowest BCUT2D eigenvalue weighted by atomic mass is 9.87. The predicted molar refractivity (Wildman–Crippen MR) is 74.0 cm³/mol.